The predicted octanol–water partition coefficient (Wildman–Crippen LogP) is 1.97. The lowest BCUT2D eigenvalue weighted by Gasteiger charge is -2.24. The third-order valence-electron chi connectivity index (χ3n) is 1.77. The van der Waals surface area contributed by atoms with E-state index in [9.17, 15) is 0 Å². The average Bonchev–Trinajstić information content (AvgIpc) is 1.63. The van der Waals surface area contributed by atoms with Gasteiger partial charge in [-0.2, -0.15) is 0 Å². The van der Waals surface area contributed by atoms with Crippen LogP contribution in [0.2, 0.25) is 0 Å². The number of hydrogen-bond acceptors (Lipinski definition) is 1. The van der Waals surface area contributed by atoms with Crippen LogP contribution in [0.25, 0.3) is 0 Å². The van der Waals surface area contributed by atoms with E-state index in [1.165, 1.54) is 6.42 Å². The van der Waals surface area contributed by atoms with Crippen LogP contribution in [0.4, 0.5) is 0 Å². The molecule has 0 spiro atoms. The smallest absolute Gasteiger partial charge is 0.00444 e. The molecule has 1 radical (unpaired) electrons. The van der Waals surface area contributed by atoms with Crippen molar-refractivity contribution in [2.45, 2.75) is 39.7 Å². The van der Waals surface area contributed by atoms with Crippen molar-refractivity contribution in [1.29, 1.82) is 0 Å². The van der Waals surface area contributed by atoms with Gasteiger partial charge in [-0.25, -0.2) is 0 Å². The van der Waals surface area contributed by atoms with E-state index in [1.54, 1.807) is 0 Å². The fraction of sp³-hybridized carbons (Fsp3) is 0.875. The van der Waals surface area contributed by atoms with Crippen LogP contribution in [0, 0.1) is 12.3 Å². The lowest BCUT2D eigenvalue weighted by atomic mass is 9.84. The van der Waals surface area contributed by atoms with E-state index in [2.05, 4.69) is 27.7 Å². The van der Waals surface area contributed by atoms with Gasteiger partial charge in [-0.05, 0) is 18.8 Å². The maximum atomic E-state index is 5.54. The van der Waals surface area contributed by atoms with Crippen LogP contribution in [0.5, 0.6) is 0 Å². The van der Waals surface area contributed by atoms with E-state index in [0.717, 1.165) is 6.42 Å². The van der Waals surface area contributed by atoms with Crippen molar-refractivity contribution >= 4 is 0 Å². The first-order chi connectivity index (χ1) is 3.98. The minimum absolute atomic E-state index is 0.0972. The molecule has 9 heavy (non-hydrogen) atoms. The standard InChI is InChI=1S/C8H18N/c1-5-8(3,4)6-7(2)9/h7H,2,5-6,9H2,1,3-4H3. The Balaban J connectivity index is 3.58. The summed E-state index contributed by atoms with van der Waals surface area (Å²) in [5.41, 5.74) is 5.92. The van der Waals surface area contributed by atoms with E-state index in [-0.39, 0.29) is 6.04 Å². The molecule has 0 rings (SSSR count). The Hall–Kier alpha value is -0.0400. The molecule has 0 saturated carbocycles. The minimum atomic E-state index is 0.0972. The maximum Gasteiger partial charge on any atom is 0.00444 e. The van der Waals surface area contributed by atoms with Crippen molar-refractivity contribution in [2.75, 3.05) is 0 Å². The Morgan fingerprint density at radius 1 is 1.56 bits per heavy atom. The van der Waals surface area contributed by atoms with Gasteiger partial charge in [0.15, 0.2) is 0 Å². The van der Waals surface area contributed by atoms with E-state index >= 15 is 0 Å². The first-order valence-electron chi connectivity index (χ1n) is 3.56. The van der Waals surface area contributed by atoms with Crippen molar-refractivity contribution in [3.63, 3.8) is 0 Å². The zero-order valence-corrected chi connectivity index (χ0v) is 6.78. The zero-order valence-electron chi connectivity index (χ0n) is 6.78. The summed E-state index contributed by atoms with van der Waals surface area (Å²) in [5.74, 6) is 0. The molecular formula is C8H18N. The van der Waals surface area contributed by atoms with Crippen LogP contribution in [0.15, 0.2) is 0 Å². The van der Waals surface area contributed by atoms with Gasteiger partial charge in [0.05, 0.1) is 0 Å². The fourth-order valence-corrected chi connectivity index (χ4v) is 0.854. The molecule has 0 aliphatic carbocycles. The Morgan fingerprint density at radius 3 is 2.11 bits per heavy atom. The summed E-state index contributed by atoms with van der Waals surface area (Å²) in [5, 5.41) is 0. The number of nitrogens with two attached hydrogens (primary N) is 1. The molecule has 1 unspecified atom stereocenters. The van der Waals surface area contributed by atoms with Crippen molar-refractivity contribution in [3.8, 4) is 0 Å². The molecule has 0 aliphatic rings. The average molecular weight is 128 g/mol. The number of hydrogen-bond donors (Lipinski definition) is 1. The lowest BCUT2D eigenvalue weighted by molar-refractivity contribution is 0.308. The minimum Gasteiger partial charge on any atom is -0.328 e. The summed E-state index contributed by atoms with van der Waals surface area (Å²) in [6.45, 7) is 10.4. The molecule has 0 aromatic heterocycles. The van der Waals surface area contributed by atoms with Gasteiger partial charge < -0.3 is 5.73 Å². The molecule has 0 amide bonds. The van der Waals surface area contributed by atoms with Gasteiger partial charge in [-0.1, -0.05) is 27.2 Å². The Labute approximate surface area is 58.6 Å². The summed E-state index contributed by atoms with van der Waals surface area (Å²) >= 11 is 0. The lowest BCUT2D eigenvalue weighted by Crippen LogP contribution is -2.24. The highest BCUT2D eigenvalue weighted by Gasteiger charge is 2.16. The predicted molar refractivity (Wildman–Crippen MR) is 42.0 cm³/mol. The largest absolute Gasteiger partial charge is 0.328 e. The molecule has 1 nitrogen and oxygen atoms in total. The molecule has 1 atom stereocenters. The third-order valence-corrected chi connectivity index (χ3v) is 1.77. The highest BCUT2D eigenvalue weighted by molar-refractivity contribution is 4.74. The van der Waals surface area contributed by atoms with Gasteiger partial charge in [0.25, 0.3) is 0 Å². The van der Waals surface area contributed by atoms with Gasteiger partial charge >= 0.3 is 0 Å². The summed E-state index contributed by atoms with van der Waals surface area (Å²) in [6, 6.07) is 0.0972. The maximum absolute atomic E-state index is 5.54. The first-order valence-corrected chi connectivity index (χ1v) is 3.56. The second kappa shape index (κ2) is 3.21. The van der Waals surface area contributed by atoms with Crippen LogP contribution in [0.3, 0.4) is 0 Å². The second-order valence-electron chi connectivity index (χ2n) is 3.48. The summed E-state index contributed by atoms with van der Waals surface area (Å²) in [4.78, 5) is 0. The Morgan fingerprint density at radius 2 is 2.00 bits per heavy atom. The molecule has 0 bridgehead atoms. The Bertz CT molecular complexity index is 74.6. The summed E-state index contributed by atoms with van der Waals surface area (Å²) in [6.07, 6.45) is 2.19. The molecule has 0 saturated heterocycles. The van der Waals surface area contributed by atoms with E-state index < -0.39 is 0 Å². The van der Waals surface area contributed by atoms with Gasteiger partial charge in [0.1, 0.15) is 0 Å². The fourth-order valence-electron chi connectivity index (χ4n) is 0.854. The van der Waals surface area contributed by atoms with Gasteiger partial charge in [0.2, 0.25) is 0 Å². The molecule has 2 N–H and O–H groups in total. The quantitative estimate of drug-likeness (QED) is 0.618. The van der Waals surface area contributed by atoms with Crippen molar-refractivity contribution < 1.29 is 0 Å². The first kappa shape index (κ1) is 8.96. The molecule has 0 heterocycles. The summed E-state index contributed by atoms with van der Waals surface area (Å²) < 4.78 is 0. The van der Waals surface area contributed by atoms with Crippen LogP contribution in [0.1, 0.15) is 33.6 Å². The van der Waals surface area contributed by atoms with E-state index in [1.807, 2.05) is 0 Å². The second-order valence-corrected chi connectivity index (χ2v) is 3.48. The highest BCUT2D eigenvalue weighted by Crippen LogP contribution is 2.24. The van der Waals surface area contributed by atoms with E-state index in [0.29, 0.717) is 5.41 Å². The molecule has 0 aromatic carbocycles. The zero-order chi connectivity index (χ0) is 7.49. The molecule has 55 valence electrons. The van der Waals surface area contributed by atoms with Gasteiger partial charge in [-0.15, -0.1) is 0 Å². The molecule has 0 fully saturated rings. The highest BCUT2D eigenvalue weighted by atomic mass is 14.6. The van der Waals surface area contributed by atoms with Gasteiger partial charge in [-0.3, -0.25) is 0 Å². The van der Waals surface area contributed by atoms with Crippen LogP contribution in [-0.2, 0) is 0 Å². The van der Waals surface area contributed by atoms with E-state index in [4.69, 9.17) is 5.73 Å². The van der Waals surface area contributed by atoms with Crippen LogP contribution in [-0.4, -0.2) is 6.04 Å². The SMILES string of the molecule is [CH2]C(N)CC(C)(C)CC. The topological polar surface area (TPSA) is 26.0 Å². The molecule has 1 heteroatoms. The summed E-state index contributed by atoms with van der Waals surface area (Å²) in [7, 11) is 0. The van der Waals surface area contributed by atoms with Crippen molar-refractivity contribution in [1.82, 2.24) is 0 Å². The molecule has 0 aromatic rings. The normalized spacial score (nSPS) is 15.7. The van der Waals surface area contributed by atoms with Crippen LogP contribution >= 0.6 is 0 Å². The van der Waals surface area contributed by atoms with Crippen molar-refractivity contribution in [3.05, 3.63) is 6.92 Å². The van der Waals surface area contributed by atoms with Crippen molar-refractivity contribution in [2.24, 2.45) is 11.1 Å². The monoisotopic (exact) mass is 128 g/mol. The third kappa shape index (κ3) is 4.46. The molecular weight excluding hydrogens is 110 g/mol. The molecule has 0 aliphatic heterocycles. The van der Waals surface area contributed by atoms with Gasteiger partial charge in [0, 0.05) is 6.04 Å². The number of rotatable bonds is 3. The van der Waals surface area contributed by atoms with Crippen LogP contribution < -0.4 is 5.73 Å². The Kier molecular flexibility index (Phi) is 3.20.